The molecule has 2 aromatic rings. The molecule has 1 aromatic carbocycles. The number of hydrogen-bond acceptors (Lipinski definition) is 5. The molecule has 3 rings (SSSR count). The van der Waals surface area contributed by atoms with Crippen molar-refractivity contribution in [2.24, 2.45) is 0 Å². The summed E-state index contributed by atoms with van der Waals surface area (Å²) in [4.78, 5) is 12.4. The molecule has 0 unspecified atom stereocenters. The number of ether oxygens (including phenoxy) is 1. The standard InChI is InChI=1S/C17H24BN3O4/c1-7-20-15(22)21(14(19-20)23-6)13-10-8-12(9-11-13)18-24-16(2,3)17(4,5)25-18/h8-11H,7H2,1-6H3. The number of rotatable bonds is 4. The van der Waals surface area contributed by atoms with Gasteiger partial charge in [0.05, 0.1) is 24.0 Å². The Morgan fingerprint density at radius 1 is 1.12 bits per heavy atom. The van der Waals surface area contributed by atoms with Gasteiger partial charge in [-0.2, -0.15) is 0 Å². The summed E-state index contributed by atoms with van der Waals surface area (Å²) in [5.41, 5.74) is 0.569. The predicted octanol–water partition coefficient (Wildman–Crippen LogP) is 1.36. The van der Waals surface area contributed by atoms with Crippen LogP contribution in [0, 0.1) is 0 Å². The van der Waals surface area contributed by atoms with E-state index in [1.54, 1.807) is 0 Å². The smallest absolute Gasteiger partial charge is 0.467 e. The lowest BCUT2D eigenvalue weighted by Gasteiger charge is -2.32. The topological polar surface area (TPSA) is 67.5 Å². The van der Waals surface area contributed by atoms with Gasteiger partial charge in [0.25, 0.3) is 0 Å². The Morgan fingerprint density at radius 3 is 2.16 bits per heavy atom. The fraction of sp³-hybridized carbons (Fsp3) is 0.529. The van der Waals surface area contributed by atoms with Crippen LogP contribution in [0.3, 0.4) is 0 Å². The second kappa shape index (κ2) is 6.03. The van der Waals surface area contributed by atoms with Gasteiger partial charge in [-0.3, -0.25) is 0 Å². The summed E-state index contributed by atoms with van der Waals surface area (Å²) in [5.74, 6) is 0. The molecule has 25 heavy (non-hydrogen) atoms. The summed E-state index contributed by atoms with van der Waals surface area (Å²) < 4.78 is 20.1. The van der Waals surface area contributed by atoms with E-state index < -0.39 is 18.3 Å². The average Bonchev–Trinajstić information content (AvgIpc) is 3.00. The number of aryl methyl sites for hydroxylation is 1. The molecule has 2 heterocycles. The Kier molecular flexibility index (Phi) is 4.29. The maximum Gasteiger partial charge on any atom is 0.494 e. The van der Waals surface area contributed by atoms with Gasteiger partial charge in [0.1, 0.15) is 0 Å². The van der Waals surface area contributed by atoms with Crippen molar-refractivity contribution in [1.29, 1.82) is 0 Å². The van der Waals surface area contributed by atoms with E-state index in [-0.39, 0.29) is 11.7 Å². The van der Waals surface area contributed by atoms with Crippen LogP contribution in [0.2, 0.25) is 0 Å². The third-order valence-electron chi connectivity index (χ3n) is 4.97. The Balaban J connectivity index is 1.92. The third kappa shape index (κ3) is 2.89. The van der Waals surface area contributed by atoms with Crippen LogP contribution in [0.1, 0.15) is 34.6 Å². The molecule has 134 valence electrons. The Labute approximate surface area is 147 Å². The van der Waals surface area contributed by atoms with E-state index >= 15 is 0 Å². The first-order valence-corrected chi connectivity index (χ1v) is 8.40. The summed E-state index contributed by atoms with van der Waals surface area (Å²) >= 11 is 0. The van der Waals surface area contributed by atoms with E-state index in [2.05, 4.69) is 5.10 Å². The summed E-state index contributed by atoms with van der Waals surface area (Å²) in [6, 6.07) is 7.73. The zero-order valence-electron chi connectivity index (χ0n) is 15.6. The molecule has 1 aliphatic rings. The van der Waals surface area contributed by atoms with Gasteiger partial charge in [-0.15, -0.1) is 5.10 Å². The van der Waals surface area contributed by atoms with Crippen LogP contribution in [0.4, 0.5) is 0 Å². The van der Waals surface area contributed by atoms with Crippen molar-refractivity contribution in [3.63, 3.8) is 0 Å². The van der Waals surface area contributed by atoms with Crippen LogP contribution in [-0.4, -0.2) is 39.8 Å². The monoisotopic (exact) mass is 345 g/mol. The van der Waals surface area contributed by atoms with E-state index in [9.17, 15) is 4.79 Å². The van der Waals surface area contributed by atoms with Crippen molar-refractivity contribution in [2.45, 2.75) is 52.4 Å². The maximum absolute atomic E-state index is 12.4. The molecule has 7 nitrogen and oxygen atoms in total. The summed E-state index contributed by atoms with van der Waals surface area (Å²) in [5, 5.41) is 4.16. The van der Waals surface area contributed by atoms with Gasteiger partial charge < -0.3 is 14.0 Å². The molecule has 1 saturated heterocycles. The summed E-state index contributed by atoms with van der Waals surface area (Å²) in [7, 11) is 1.06. The number of nitrogens with zero attached hydrogens (tertiary/aromatic N) is 3. The normalized spacial score (nSPS) is 18.6. The van der Waals surface area contributed by atoms with E-state index in [0.29, 0.717) is 12.2 Å². The van der Waals surface area contributed by atoms with Crippen LogP contribution in [-0.2, 0) is 15.9 Å². The maximum atomic E-state index is 12.4. The highest BCUT2D eigenvalue weighted by Crippen LogP contribution is 2.36. The first-order chi connectivity index (χ1) is 11.7. The first-order valence-electron chi connectivity index (χ1n) is 8.40. The lowest BCUT2D eigenvalue weighted by Crippen LogP contribution is -2.41. The number of benzene rings is 1. The molecular formula is C17H24BN3O4. The molecule has 1 aromatic heterocycles. The van der Waals surface area contributed by atoms with E-state index in [1.165, 1.54) is 16.4 Å². The third-order valence-corrected chi connectivity index (χ3v) is 4.97. The van der Waals surface area contributed by atoms with E-state index in [4.69, 9.17) is 14.0 Å². The molecule has 1 aliphatic heterocycles. The molecule has 0 aliphatic carbocycles. The van der Waals surface area contributed by atoms with Crippen molar-refractivity contribution in [3.05, 3.63) is 34.7 Å². The van der Waals surface area contributed by atoms with Crippen LogP contribution in [0.25, 0.3) is 5.69 Å². The van der Waals surface area contributed by atoms with Crippen molar-refractivity contribution in [1.82, 2.24) is 14.3 Å². The van der Waals surface area contributed by atoms with Crippen LogP contribution in [0.5, 0.6) is 6.01 Å². The molecule has 0 amide bonds. The summed E-state index contributed by atoms with van der Waals surface area (Å²) in [6.45, 7) is 10.4. The number of hydrogen-bond donors (Lipinski definition) is 0. The van der Waals surface area contributed by atoms with Crippen molar-refractivity contribution in [2.75, 3.05) is 7.11 Å². The minimum atomic E-state index is -0.434. The second-order valence-corrected chi connectivity index (χ2v) is 7.10. The largest absolute Gasteiger partial charge is 0.494 e. The van der Waals surface area contributed by atoms with Gasteiger partial charge in [-0.1, -0.05) is 12.1 Å². The minimum absolute atomic E-state index is 0.234. The molecule has 0 radical (unpaired) electrons. The van der Waals surface area contributed by atoms with E-state index in [0.717, 1.165) is 5.46 Å². The van der Waals surface area contributed by atoms with Gasteiger partial charge in [0.2, 0.25) is 0 Å². The highest BCUT2D eigenvalue weighted by molar-refractivity contribution is 6.62. The average molecular weight is 345 g/mol. The minimum Gasteiger partial charge on any atom is -0.467 e. The summed E-state index contributed by atoms with van der Waals surface area (Å²) in [6.07, 6.45) is 0. The van der Waals surface area contributed by atoms with E-state index in [1.807, 2.05) is 58.9 Å². The lowest BCUT2D eigenvalue weighted by atomic mass is 9.79. The van der Waals surface area contributed by atoms with Gasteiger partial charge >= 0.3 is 18.8 Å². The zero-order valence-corrected chi connectivity index (χ0v) is 15.6. The quantitative estimate of drug-likeness (QED) is 0.783. The first kappa shape index (κ1) is 17.8. The van der Waals surface area contributed by atoms with Gasteiger partial charge in [0.15, 0.2) is 0 Å². The van der Waals surface area contributed by atoms with Crippen molar-refractivity contribution < 1.29 is 14.0 Å². The molecule has 1 fully saturated rings. The highest BCUT2D eigenvalue weighted by Gasteiger charge is 2.51. The molecule has 0 spiro atoms. The second-order valence-electron chi connectivity index (χ2n) is 7.10. The van der Waals surface area contributed by atoms with Crippen LogP contribution >= 0.6 is 0 Å². The fourth-order valence-corrected chi connectivity index (χ4v) is 2.71. The van der Waals surface area contributed by atoms with Crippen molar-refractivity contribution >= 4 is 12.6 Å². The van der Waals surface area contributed by atoms with Gasteiger partial charge in [-0.05, 0) is 52.2 Å². The Morgan fingerprint density at radius 2 is 1.68 bits per heavy atom. The predicted molar refractivity (Wildman–Crippen MR) is 95.8 cm³/mol. The van der Waals surface area contributed by atoms with Crippen LogP contribution in [0.15, 0.2) is 29.1 Å². The van der Waals surface area contributed by atoms with Crippen molar-refractivity contribution in [3.8, 4) is 11.7 Å². The molecule has 0 saturated carbocycles. The zero-order chi connectivity index (χ0) is 18.4. The highest BCUT2D eigenvalue weighted by atomic mass is 16.7. The molecular weight excluding hydrogens is 321 g/mol. The Bertz CT molecular complexity index is 807. The van der Waals surface area contributed by atoms with Gasteiger partial charge in [0, 0.05) is 6.54 Å². The number of methoxy groups -OCH3 is 1. The van der Waals surface area contributed by atoms with Crippen LogP contribution < -0.4 is 15.9 Å². The molecule has 0 atom stereocenters. The molecule has 0 N–H and O–H groups in total. The molecule has 8 heteroatoms. The molecule has 0 bridgehead atoms. The SMILES string of the molecule is CCn1nc(OC)n(-c2ccc(B3OC(C)(C)C(C)(C)O3)cc2)c1=O. The number of aromatic nitrogens is 3. The van der Waals surface area contributed by atoms with Gasteiger partial charge in [-0.25, -0.2) is 14.0 Å². The fourth-order valence-electron chi connectivity index (χ4n) is 2.71. The lowest BCUT2D eigenvalue weighted by molar-refractivity contribution is 0.00578. The Hall–Kier alpha value is -2.06.